The fraction of sp³-hybridized carbons (Fsp3) is 0.889. The van der Waals surface area contributed by atoms with Crippen LogP contribution in [0.2, 0.25) is 0 Å². The van der Waals surface area contributed by atoms with Crippen LogP contribution in [0.15, 0.2) is 0 Å². The van der Waals surface area contributed by atoms with Crippen molar-refractivity contribution in [3.63, 3.8) is 0 Å². The maximum atomic E-state index is 10.8. The maximum Gasteiger partial charge on any atom is 0.323 e. The van der Waals surface area contributed by atoms with Gasteiger partial charge in [0.2, 0.25) is 0 Å². The molecule has 0 bridgehead atoms. The minimum absolute atomic E-state index is 0.251. The van der Waals surface area contributed by atoms with E-state index >= 15 is 0 Å². The Morgan fingerprint density at radius 2 is 2.00 bits per heavy atom. The van der Waals surface area contributed by atoms with Gasteiger partial charge in [0.05, 0.1) is 19.3 Å². The Hall–Kier alpha value is -0.730. The van der Waals surface area contributed by atoms with E-state index in [0.29, 0.717) is 24.4 Å². The highest BCUT2D eigenvalue weighted by atomic mass is 16.5. The summed E-state index contributed by atoms with van der Waals surface area (Å²) >= 11 is 0. The van der Waals surface area contributed by atoms with E-state index in [9.17, 15) is 10.0 Å². The molecular weight excluding hydrogens is 216 g/mol. The summed E-state index contributed by atoms with van der Waals surface area (Å²) < 4.78 is 0. The summed E-state index contributed by atoms with van der Waals surface area (Å²) in [5.74, 6) is -1.16. The van der Waals surface area contributed by atoms with Gasteiger partial charge in [0.25, 0.3) is 0 Å². The Morgan fingerprint density at radius 1 is 1.38 bits per heavy atom. The van der Waals surface area contributed by atoms with Gasteiger partial charge in [-0.15, -0.1) is 0 Å². The molecule has 6 N–H and O–H groups in total. The molecule has 0 saturated carbocycles. The number of carboxylic acids is 1. The highest BCUT2D eigenvalue weighted by Crippen LogP contribution is 2.07. The molecule has 0 aliphatic carbocycles. The minimum Gasteiger partial charge on any atom is -0.480 e. The summed E-state index contributed by atoms with van der Waals surface area (Å²) in [6.45, 7) is -0.348. The van der Waals surface area contributed by atoms with Crippen LogP contribution in [0, 0.1) is 0 Å². The molecule has 0 spiro atoms. The van der Waals surface area contributed by atoms with Gasteiger partial charge in [0, 0.05) is 0 Å². The molecule has 0 aromatic carbocycles. The summed E-state index contributed by atoms with van der Waals surface area (Å²) in [4.78, 5) is 10.8. The largest absolute Gasteiger partial charge is 0.480 e. The van der Waals surface area contributed by atoms with Gasteiger partial charge < -0.3 is 26.3 Å². The van der Waals surface area contributed by atoms with Crippen molar-refractivity contribution in [2.75, 3.05) is 19.7 Å². The molecule has 0 amide bonds. The third-order valence-corrected chi connectivity index (χ3v) is 2.19. The predicted octanol–water partition coefficient (Wildman–Crippen LogP) is -1.39. The zero-order valence-corrected chi connectivity index (χ0v) is 9.12. The first-order valence-electron chi connectivity index (χ1n) is 5.20. The SMILES string of the molecule is NCCCCC(C(=O)O)N(O)CC(O)CO. The summed E-state index contributed by atoms with van der Waals surface area (Å²) in [7, 11) is 0. The number of unbranched alkanes of at least 4 members (excludes halogenated alkanes) is 1. The predicted molar refractivity (Wildman–Crippen MR) is 55.9 cm³/mol. The number of aliphatic carboxylic acids is 1. The van der Waals surface area contributed by atoms with Crippen molar-refractivity contribution >= 4 is 5.97 Å². The lowest BCUT2D eigenvalue weighted by atomic mass is 10.1. The molecular formula is C9H20N2O5. The first-order valence-corrected chi connectivity index (χ1v) is 5.20. The van der Waals surface area contributed by atoms with Gasteiger partial charge in [0.15, 0.2) is 0 Å². The lowest BCUT2D eigenvalue weighted by Gasteiger charge is -2.24. The van der Waals surface area contributed by atoms with Gasteiger partial charge in [-0.1, -0.05) is 0 Å². The van der Waals surface area contributed by atoms with Crippen LogP contribution in [-0.4, -0.2) is 63.4 Å². The lowest BCUT2D eigenvalue weighted by Crippen LogP contribution is -2.43. The summed E-state index contributed by atoms with van der Waals surface area (Å²) in [5.41, 5.74) is 5.27. The summed E-state index contributed by atoms with van der Waals surface area (Å²) in [5, 5.41) is 36.5. The number of aliphatic hydroxyl groups excluding tert-OH is 2. The molecule has 0 aromatic rings. The van der Waals surface area contributed by atoms with Gasteiger partial charge in [-0.25, -0.2) is 0 Å². The van der Waals surface area contributed by atoms with Crippen LogP contribution in [0.4, 0.5) is 0 Å². The number of nitrogens with two attached hydrogens (primary N) is 1. The third-order valence-electron chi connectivity index (χ3n) is 2.19. The quantitative estimate of drug-likeness (QED) is 0.246. The Kier molecular flexibility index (Phi) is 8.04. The van der Waals surface area contributed by atoms with Gasteiger partial charge in [-0.05, 0) is 25.8 Å². The first-order chi connectivity index (χ1) is 7.52. The number of rotatable bonds is 9. The molecule has 16 heavy (non-hydrogen) atoms. The third kappa shape index (κ3) is 5.99. The standard InChI is InChI=1S/C9H20N2O5/c10-4-2-1-3-8(9(14)15)11(16)5-7(13)6-12/h7-8,12-13,16H,1-6,10H2,(H,14,15). The molecule has 2 unspecified atom stereocenters. The van der Waals surface area contributed by atoms with Crippen LogP contribution in [0.3, 0.4) is 0 Å². The average molecular weight is 236 g/mol. The average Bonchev–Trinajstić information content (AvgIpc) is 2.23. The van der Waals surface area contributed by atoms with E-state index in [4.69, 9.17) is 21.1 Å². The normalized spacial score (nSPS) is 15.1. The second-order valence-corrected chi connectivity index (χ2v) is 3.60. The number of hydroxylamine groups is 2. The molecule has 0 radical (unpaired) electrons. The van der Waals surface area contributed by atoms with Crippen LogP contribution < -0.4 is 5.73 Å². The van der Waals surface area contributed by atoms with Gasteiger partial charge >= 0.3 is 5.97 Å². The minimum atomic E-state index is -1.16. The van der Waals surface area contributed by atoms with Crippen LogP contribution in [0.5, 0.6) is 0 Å². The molecule has 7 nitrogen and oxygen atoms in total. The van der Waals surface area contributed by atoms with Crippen molar-refractivity contribution in [3.8, 4) is 0 Å². The van der Waals surface area contributed by atoms with Crippen LogP contribution >= 0.6 is 0 Å². The molecule has 0 aliphatic rings. The van der Waals surface area contributed by atoms with E-state index in [-0.39, 0.29) is 13.0 Å². The van der Waals surface area contributed by atoms with Crippen molar-refractivity contribution in [3.05, 3.63) is 0 Å². The molecule has 0 aliphatic heterocycles. The molecule has 0 aromatic heterocycles. The zero-order valence-electron chi connectivity index (χ0n) is 9.12. The number of carboxylic acid groups (broad SMARTS) is 1. The van der Waals surface area contributed by atoms with Crippen molar-refractivity contribution in [2.45, 2.75) is 31.4 Å². The number of hydrogen-bond donors (Lipinski definition) is 5. The molecule has 7 heteroatoms. The molecule has 0 heterocycles. The highest BCUT2D eigenvalue weighted by molar-refractivity contribution is 5.73. The van der Waals surface area contributed by atoms with E-state index in [0.717, 1.165) is 0 Å². The van der Waals surface area contributed by atoms with E-state index in [1.54, 1.807) is 0 Å². The monoisotopic (exact) mass is 236 g/mol. The Bertz CT molecular complexity index is 202. The zero-order chi connectivity index (χ0) is 12.6. The smallest absolute Gasteiger partial charge is 0.323 e. The number of hydrogen-bond acceptors (Lipinski definition) is 6. The van der Waals surface area contributed by atoms with Crippen molar-refractivity contribution in [1.82, 2.24) is 5.06 Å². The number of aliphatic hydroxyl groups is 2. The van der Waals surface area contributed by atoms with Crippen molar-refractivity contribution in [1.29, 1.82) is 0 Å². The van der Waals surface area contributed by atoms with Crippen LogP contribution in [0.1, 0.15) is 19.3 Å². The second kappa shape index (κ2) is 8.43. The first kappa shape index (κ1) is 15.3. The van der Waals surface area contributed by atoms with Crippen LogP contribution in [0.25, 0.3) is 0 Å². The van der Waals surface area contributed by atoms with Crippen LogP contribution in [-0.2, 0) is 4.79 Å². The summed E-state index contributed by atoms with van der Waals surface area (Å²) in [6, 6.07) is -1.08. The van der Waals surface area contributed by atoms with Gasteiger partial charge in [0.1, 0.15) is 6.04 Å². The highest BCUT2D eigenvalue weighted by Gasteiger charge is 2.25. The van der Waals surface area contributed by atoms with Crippen molar-refractivity contribution < 1.29 is 25.3 Å². The Labute approximate surface area is 94.1 Å². The number of carbonyl (C=O) groups is 1. The molecule has 0 saturated heterocycles. The molecule has 0 rings (SSSR count). The molecule has 96 valence electrons. The van der Waals surface area contributed by atoms with Crippen molar-refractivity contribution in [2.24, 2.45) is 5.73 Å². The maximum absolute atomic E-state index is 10.8. The van der Waals surface area contributed by atoms with Gasteiger partial charge in [-0.2, -0.15) is 5.06 Å². The molecule has 0 fully saturated rings. The fourth-order valence-corrected chi connectivity index (χ4v) is 1.28. The number of nitrogens with zero attached hydrogens (tertiary/aromatic N) is 1. The second-order valence-electron chi connectivity index (χ2n) is 3.60. The Morgan fingerprint density at radius 3 is 2.44 bits per heavy atom. The van der Waals surface area contributed by atoms with E-state index in [1.807, 2.05) is 0 Å². The topological polar surface area (TPSA) is 127 Å². The molecule has 2 atom stereocenters. The van der Waals surface area contributed by atoms with Gasteiger partial charge in [-0.3, -0.25) is 4.79 Å². The summed E-state index contributed by atoms with van der Waals surface area (Å²) in [6.07, 6.45) is 0.363. The van der Waals surface area contributed by atoms with E-state index in [1.165, 1.54) is 0 Å². The van der Waals surface area contributed by atoms with E-state index in [2.05, 4.69) is 0 Å². The lowest BCUT2D eigenvalue weighted by molar-refractivity contribution is -0.178. The Balaban J connectivity index is 4.13. The fourth-order valence-electron chi connectivity index (χ4n) is 1.28. The van der Waals surface area contributed by atoms with E-state index < -0.39 is 24.7 Å².